The van der Waals surface area contributed by atoms with Gasteiger partial charge in [-0.15, -0.1) is 0 Å². The van der Waals surface area contributed by atoms with Crippen molar-refractivity contribution in [2.75, 3.05) is 25.0 Å². The van der Waals surface area contributed by atoms with Crippen LogP contribution in [0.2, 0.25) is 0 Å². The minimum atomic E-state index is -4.48. The Bertz CT molecular complexity index is 590. The van der Waals surface area contributed by atoms with Gasteiger partial charge in [-0.2, -0.15) is 13.2 Å². The van der Waals surface area contributed by atoms with E-state index in [9.17, 15) is 22.8 Å². The number of nitrogens with one attached hydrogen (secondary N) is 1. The van der Waals surface area contributed by atoms with Gasteiger partial charge in [0.15, 0.2) is 0 Å². The molecule has 1 atom stereocenters. The zero-order valence-electron chi connectivity index (χ0n) is 12.5. The minimum absolute atomic E-state index is 0.0389. The van der Waals surface area contributed by atoms with E-state index in [-0.39, 0.29) is 18.7 Å². The second kappa shape index (κ2) is 6.99. The maximum atomic E-state index is 12.6. The molecule has 126 valence electrons. The number of hydrogen-bond acceptors (Lipinski definition) is 4. The van der Waals surface area contributed by atoms with Crippen LogP contribution in [0, 0.1) is 0 Å². The fraction of sp³-hybridized carbons (Fsp3) is 0.467. The van der Waals surface area contributed by atoms with Crippen LogP contribution < -0.4 is 5.32 Å². The molecule has 5 nitrogen and oxygen atoms in total. The maximum Gasteiger partial charge on any atom is 0.416 e. The Hall–Kier alpha value is -2.09. The Morgan fingerprint density at radius 2 is 2.17 bits per heavy atom. The molecule has 8 heteroatoms. The number of halogens is 3. The fourth-order valence-corrected chi connectivity index (χ4v) is 2.42. The zero-order chi connectivity index (χ0) is 17.0. The highest BCUT2D eigenvalue weighted by atomic mass is 19.4. The molecule has 1 amide bonds. The van der Waals surface area contributed by atoms with Crippen molar-refractivity contribution in [3.8, 4) is 0 Å². The number of carbonyl (C=O) groups is 2. The van der Waals surface area contributed by atoms with Gasteiger partial charge in [0.1, 0.15) is 12.6 Å². The minimum Gasteiger partial charge on any atom is -0.463 e. The predicted molar refractivity (Wildman–Crippen MR) is 76.7 cm³/mol. The Balaban J connectivity index is 2.03. The lowest BCUT2D eigenvalue weighted by Crippen LogP contribution is -2.50. The van der Waals surface area contributed by atoms with E-state index in [1.165, 1.54) is 12.1 Å². The van der Waals surface area contributed by atoms with Crippen LogP contribution in [0.25, 0.3) is 0 Å². The van der Waals surface area contributed by atoms with Crippen LogP contribution in [0.15, 0.2) is 24.3 Å². The van der Waals surface area contributed by atoms with Gasteiger partial charge in [-0.05, 0) is 24.7 Å². The number of carbonyl (C=O) groups excluding carboxylic acids is 2. The molecule has 0 aromatic heterocycles. The summed E-state index contributed by atoms with van der Waals surface area (Å²) >= 11 is 0. The summed E-state index contributed by atoms with van der Waals surface area (Å²) in [7, 11) is 0. The molecule has 0 spiro atoms. The number of anilines is 1. The van der Waals surface area contributed by atoms with Crippen LogP contribution in [0.3, 0.4) is 0 Å². The summed E-state index contributed by atoms with van der Waals surface area (Å²) in [5.41, 5.74) is -0.806. The molecule has 1 saturated heterocycles. The van der Waals surface area contributed by atoms with E-state index < -0.39 is 29.7 Å². The number of ether oxygens (including phenoxy) is 1. The molecule has 1 fully saturated rings. The first kappa shape index (κ1) is 17.3. The Morgan fingerprint density at radius 1 is 1.43 bits per heavy atom. The molecule has 1 heterocycles. The van der Waals surface area contributed by atoms with Crippen molar-refractivity contribution < 1.29 is 27.5 Å². The van der Waals surface area contributed by atoms with Gasteiger partial charge in [-0.1, -0.05) is 13.0 Å². The van der Waals surface area contributed by atoms with Crippen molar-refractivity contribution >= 4 is 17.6 Å². The zero-order valence-corrected chi connectivity index (χ0v) is 12.5. The van der Waals surface area contributed by atoms with Crippen molar-refractivity contribution in [2.24, 2.45) is 0 Å². The number of alkyl halides is 3. The predicted octanol–water partition coefficient (Wildman–Crippen LogP) is 2.28. The highest BCUT2D eigenvalue weighted by molar-refractivity contribution is 5.94. The summed E-state index contributed by atoms with van der Waals surface area (Å²) in [6.45, 7) is 3.25. The largest absolute Gasteiger partial charge is 0.463 e. The highest BCUT2D eigenvalue weighted by Crippen LogP contribution is 2.30. The lowest BCUT2D eigenvalue weighted by molar-refractivity contribution is -0.158. The van der Waals surface area contributed by atoms with E-state index >= 15 is 0 Å². The molecule has 1 aromatic carbocycles. The van der Waals surface area contributed by atoms with Gasteiger partial charge in [0.25, 0.3) is 0 Å². The third-order valence-electron chi connectivity index (χ3n) is 3.59. The van der Waals surface area contributed by atoms with Gasteiger partial charge >= 0.3 is 12.1 Å². The molecule has 23 heavy (non-hydrogen) atoms. The van der Waals surface area contributed by atoms with Crippen LogP contribution in [0.4, 0.5) is 18.9 Å². The number of amides is 1. The van der Waals surface area contributed by atoms with Gasteiger partial charge in [0.2, 0.25) is 5.91 Å². The summed E-state index contributed by atoms with van der Waals surface area (Å²) < 4.78 is 42.9. The van der Waals surface area contributed by atoms with Gasteiger partial charge in [0.05, 0.1) is 12.0 Å². The van der Waals surface area contributed by atoms with E-state index in [0.29, 0.717) is 13.1 Å². The molecule has 1 aliphatic rings. The Kier molecular flexibility index (Phi) is 5.25. The van der Waals surface area contributed by atoms with E-state index in [1.54, 1.807) is 4.90 Å². The fourth-order valence-electron chi connectivity index (χ4n) is 2.42. The van der Waals surface area contributed by atoms with Crippen LogP contribution in [-0.2, 0) is 20.5 Å². The van der Waals surface area contributed by atoms with Gasteiger partial charge in [-0.3, -0.25) is 14.5 Å². The number of morpholine rings is 1. The second-order valence-corrected chi connectivity index (χ2v) is 5.14. The van der Waals surface area contributed by atoms with E-state index in [4.69, 9.17) is 4.74 Å². The molecule has 1 aliphatic heterocycles. The van der Waals surface area contributed by atoms with Gasteiger partial charge < -0.3 is 10.1 Å². The topological polar surface area (TPSA) is 58.6 Å². The van der Waals surface area contributed by atoms with Crippen molar-refractivity contribution in [3.63, 3.8) is 0 Å². The number of cyclic esters (lactones) is 1. The molecule has 0 bridgehead atoms. The van der Waals surface area contributed by atoms with Crippen LogP contribution >= 0.6 is 0 Å². The average Bonchev–Trinajstić information content (AvgIpc) is 2.48. The van der Waals surface area contributed by atoms with Crippen molar-refractivity contribution in [1.29, 1.82) is 0 Å². The highest BCUT2D eigenvalue weighted by Gasteiger charge is 2.33. The summed E-state index contributed by atoms with van der Waals surface area (Å²) in [5, 5.41) is 2.39. The van der Waals surface area contributed by atoms with Gasteiger partial charge in [0, 0.05) is 12.2 Å². The molecule has 2 rings (SSSR count). The summed E-state index contributed by atoms with van der Waals surface area (Å²) in [6.07, 6.45) is -4.64. The molecule has 0 aliphatic carbocycles. The molecular weight excluding hydrogens is 313 g/mol. The molecule has 0 saturated carbocycles. The maximum absolute atomic E-state index is 12.6. The molecule has 1 N–H and O–H groups in total. The van der Waals surface area contributed by atoms with Crippen LogP contribution in [0.5, 0.6) is 0 Å². The first-order valence-corrected chi connectivity index (χ1v) is 7.19. The Morgan fingerprint density at radius 3 is 2.83 bits per heavy atom. The summed E-state index contributed by atoms with van der Waals surface area (Å²) in [6, 6.07) is 3.65. The number of benzene rings is 1. The van der Waals surface area contributed by atoms with Crippen molar-refractivity contribution in [3.05, 3.63) is 29.8 Å². The van der Waals surface area contributed by atoms with E-state index in [1.807, 2.05) is 6.92 Å². The first-order valence-electron chi connectivity index (χ1n) is 7.19. The van der Waals surface area contributed by atoms with Crippen molar-refractivity contribution in [1.82, 2.24) is 4.90 Å². The van der Waals surface area contributed by atoms with Crippen LogP contribution in [-0.4, -0.2) is 42.5 Å². The molecular formula is C15H17F3N2O3. The quantitative estimate of drug-likeness (QED) is 0.861. The standard InChI is InChI=1S/C15H17F3N2O3/c1-2-20-6-7-23-14(22)12(20)9-13(21)19-11-5-3-4-10(8-11)15(16,17)18/h3-5,8,12H,2,6-7,9H2,1H3,(H,19,21)/t12-/m1/s1. The van der Waals surface area contributed by atoms with E-state index in [0.717, 1.165) is 12.1 Å². The monoisotopic (exact) mass is 330 g/mol. The summed E-state index contributed by atoms with van der Waals surface area (Å²) in [4.78, 5) is 25.6. The van der Waals surface area contributed by atoms with E-state index in [2.05, 4.69) is 5.32 Å². The lowest BCUT2D eigenvalue weighted by atomic mass is 10.1. The average molecular weight is 330 g/mol. The first-order chi connectivity index (χ1) is 10.8. The third-order valence-corrected chi connectivity index (χ3v) is 3.59. The number of rotatable bonds is 4. The smallest absolute Gasteiger partial charge is 0.416 e. The number of hydrogen-bond donors (Lipinski definition) is 1. The number of likely N-dealkylation sites (N-methyl/N-ethyl adjacent to an activating group) is 1. The molecule has 1 aromatic rings. The Labute approximate surface area is 131 Å². The number of esters is 1. The molecule has 0 radical (unpaired) electrons. The summed E-state index contributed by atoms with van der Waals surface area (Å²) in [5.74, 6) is -1.02. The number of nitrogens with zero attached hydrogens (tertiary/aromatic N) is 1. The second-order valence-electron chi connectivity index (χ2n) is 5.14. The third kappa shape index (κ3) is 4.44. The van der Waals surface area contributed by atoms with Gasteiger partial charge in [-0.25, -0.2) is 0 Å². The van der Waals surface area contributed by atoms with Crippen molar-refractivity contribution in [2.45, 2.75) is 25.6 Å². The molecule has 0 unspecified atom stereocenters. The normalized spacial score (nSPS) is 19.3. The van der Waals surface area contributed by atoms with Crippen LogP contribution in [0.1, 0.15) is 18.9 Å². The lowest BCUT2D eigenvalue weighted by Gasteiger charge is -2.32. The SMILES string of the molecule is CCN1CCOC(=O)[C@H]1CC(=O)Nc1cccc(C(F)(F)F)c1.